The van der Waals surface area contributed by atoms with Crippen molar-refractivity contribution in [3.8, 4) is 11.5 Å². The van der Waals surface area contributed by atoms with Crippen LogP contribution in [0.1, 0.15) is 23.2 Å². The summed E-state index contributed by atoms with van der Waals surface area (Å²) in [5.41, 5.74) is 1.41. The highest BCUT2D eigenvalue weighted by atomic mass is 16.6. The number of fused-ring (bicyclic) bond motifs is 2. The summed E-state index contributed by atoms with van der Waals surface area (Å²) in [5.74, 6) is 1.01. The molecule has 0 bridgehead atoms. The molecule has 5 rings (SSSR count). The van der Waals surface area contributed by atoms with Crippen LogP contribution in [0.5, 0.6) is 11.5 Å². The number of anilines is 1. The van der Waals surface area contributed by atoms with E-state index in [1.807, 2.05) is 0 Å². The Morgan fingerprint density at radius 3 is 2.49 bits per heavy atom. The van der Waals surface area contributed by atoms with Crippen LogP contribution in [-0.2, 0) is 4.79 Å². The summed E-state index contributed by atoms with van der Waals surface area (Å²) in [6, 6.07) is 10.1. The van der Waals surface area contributed by atoms with Crippen LogP contribution in [0.2, 0.25) is 0 Å². The first kappa shape index (κ1) is 22.6. The first-order valence-electron chi connectivity index (χ1n) is 11.5. The number of piperazine rings is 1. The molecule has 0 N–H and O–H groups in total. The van der Waals surface area contributed by atoms with Crippen LogP contribution >= 0.6 is 0 Å². The molecule has 1 aromatic heterocycles. The van der Waals surface area contributed by atoms with Crippen molar-refractivity contribution in [1.82, 2.24) is 9.88 Å². The SMILES string of the molecule is O=C(CCC(=O)N1CCN(c2ccc([N+](=O)[O-])c3cnccc23)CC1)c1ccc2c(c1)OCCO2. The van der Waals surface area contributed by atoms with Crippen molar-refractivity contribution in [3.05, 3.63) is 64.5 Å². The molecule has 0 unspecified atom stereocenters. The van der Waals surface area contributed by atoms with Gasteiger partial charge in [-0.1, -0.05) is 0 Å². The number of nitro benzene ring substituents is 1. The van der Waals surface area contributed by atoms with E-state index in [0.29, 0.717) is 61.8 Å². The summed E-state index contributed by atoms with van der Waals surface area (Å²) >= 11 is 0. The van der Waals surface area contributed by atoms with Gasteiger partial charge in [0, 0.05) is 74.1 Å². The predicted octanol–water partition coefficient (Wildman–Crippen LogP) is 3.23. The second-order valence-corrected chi connectivity index (χ2v) is 8.43. The van der Waals surface area contributed by atoms with Crippen molar-refractivity contribution in [2.24, 2.45) is 0 Å². The van der Waals surface area contributed by atoms with Gasteiger partial charge in [0.1, 0.15) is 13.2 Å². The molecule has 10 heteroatoms. The lowest BCUT2D eigenvalue weighted by atomic mass is 10.0. The number of nitrogens with zero attached hydrogens (tertiary/aromatic N) is 4. The monoisotopic (exact) mass is 476 g/mol. The van der Waals surface area contributed by atoms with E-state index in [2.05, 4.69) is 9.88 Å². The quantitative estimate of drug-likeness (QED) is 0.303. The largest absolute Gasteiger partial charge is 0.486 e. The number of rotatable bonds is 6. The van der Waals surface area contributed by atoms with Gasteiger partial charge in [-0.2, -0.15) is 0 Å². The number of hydrogen-bond acceptors (Lipinski definition) is 8. The topological polar surface area (TPSA) is 115 Å². The molecule has 2 aromatic carbocycles. The Bertz CT molecular complexity index is 1300. The third-order valence-electron chi connectivity index (χ3n) is 6.37. The molecule has 0 atom stereocenters. The van der Waals surface area contributed by atoms with Gasteiger partial charge in [-0.3, -0.25) is 24.7 Å². The Kier molecular flexibility index (Phi) is 6.17. The number of carbonyl (C=O) groups excluding carboxylic acids is 2. The fourth-order valence-corrected chi connectivity index (χ4v) is 4.53. The number of Topliss-reactive ketones (excluding diaryl/α,β-unsaturated/α-hetero) is 1. The van der Waals surface area contributed by atoms with E-state index in [0.717, 1.165) is 11.1 Å². The van der Waals surface area contributed by atoms with Crippen molar-refractivity contribution >= 4 is 33.8 Å². The fraction of sp³-hybridized carbons (Fsp3) is 0.320. The minimum atomic E-state index is -0.406. The zero-order valence-electron chi connectivity index (χ0n) is 19.0. The Morgan fingerprint density at radius 2 is 1.71 bits per heavy atom. The molecule has 0 radical (unpaired) electrons. The minimum Gasteiger partial charge on any atom is -0.486 e. The molecule has 1 fully saturated rings. The van der Waals surface area contributed by atoms with Crippen molar-refractivity contribution in [3.63, 3.8) is 0 Å². The second kappa shape index (κ2) is 9.57. The number of ketones is 1. The molecule has 0 aliphatic carbocycles. The van der Waals surface area contributed by atoms with Crippen molar-refractivity contribution in [1.29, 1.82) is 0 Å². The van der Waals surface area contributed by atoms with Gasteiger partial charge in [0.15, 0.2) is 17.3 Å². The van der Waals surface area contributed by atoms with Gasteiger partial charge in [0.25, 0.3) is 5.69 Å². The highest BCUT2D eigenvalue weighted by Gasteiger charge is 2.25. The Hall–Kier alpha value is -4.21. The summed E-state index contributed by atoms with van der Waals surface area (Å²) in [6.45, 7) is 3.15. The second-order valence-electron chi connectivity index (χ2n) is 8.43. The summed E-state index contributed by atoms with van der Waals surface area (Å²) in [7, 11) is 0. The first-order valence-corrected chi connectivity index (χ1v) is 11.5. The molecule has 10 nitrogen and oxygen atoms in total. The van der Waals surface area contributed by atoms with Crippen LogP contribution < -0.4 is 14.4 Å². The Morgan fingerprint density at radius 1 is 0.943 bits per heavy atom. The molecule has 180 valence electrons. The lowest BCUT2D eigenvalue weighted by molar-refractivity contribution is -0.383. The van der Waals surface area contributed by atoms with E-state index in [9.17, 15) is 19.7 Å². The number of pyridine rings is 1. The van der Waals surface area contributed by atoms with E-state index in [4.69, 9.17) is 9.47 Å². The lowest BCUT2D eigenvalue weighted by Gasteiger charge is -2.36. The van der Waals surface area contributed by atoms with Gasteiger partial charge in [-0.25, -0.2) is 0 Å². The van der Waals surface area contributed by atoms with Crippen molar-refractivity contribution in [2.75, 3.05) is 44.3 Å². The molecular formula is C25H24N4O6. The standard InChI is InChI=1S/C25H24N4O6/c30-22(17-1-5-23-24(15-17)35-14-13-34-23)4-6-25(31)28-11-9-27(10-12-28)20-2-3-21(29(32)33)19-16-26-8-7-18(19)20/h1-3,5,7-8,15-16H,4,6,9-14H2. The van der Waals surface area contributed by atoms with E-state index >= 15 is 0 Å². The van der Waals surface area contributed by atoms with Crippen LogP contribution in [0, 0.1) is 10.1 Å². The molecule has 2 aliphatic heterocycles. The molecule has 35 heavy (non-hydrogen) atoms. The maximum Gasteiger partial charge on any atom is 0.278 e. The smallest absolute Gasteiger partial charge is 0.278 e. The number of non-ortho nitro benzene ring substituents is 1. The van der Waals surface area contributed by atoms with Crippen LogP contribution in [0.15, 0.2) is 48.8 Å². The number of carbonyl (C=O) groups is 2. The number of aromatic nitrogens is 1. The van der Waals surface area contributed by atoms with Crippen LogP contribution in [0.3, 0.4) is 0 Å². The highest BCUT2D eigenvalue weighted by molar-refractivity contribution is 6.00. The molecule has 0 spiro atoms. The third-order valence-corrected chi connectivity index (χ3v) is 6.37. The molecule has 1 saturated heterocycles. The van der Waals surface area contributed by atoms with Gasteiger partial charge < -0.3 is 19.3 Å². The summed E-state index contributed by atoms with van der Waals surface area (Å²) in [5, 5.41) is 12.6. The number of amides is 1. The normalized spacial score (nSPS) is 15.2. The van der Waals surface area contributed by atoms with Crippen LogP contribution in [-0.4, -0.2) is 65.9 Å². The Labute approximate surface area is 201 Å². The highest BCUT2D eigenvalue weighted by Crippen LogP contribution is 2.34. The zero-order valence-corrected chi connectivity index (χ0v) is 19.0. The van der Waals surface area contributed by atoms with Gasteiger partial charge in [0.2, 0.25) is 5.91 Å². The van der Waals surface area contributed by atoms with Gasteiger partial charge in [-0.15, -0.1) is 0 Å². The minimum absolute atomic E-state index is 0.0216. The Balaban J connectivity index is 1.19. The van der Waals surface area contributed by atoms with Crippen LogP contribution in [0.25, 0.3) is 10.8 Å². The van der Waals surface area contributed by atoms with Crippen LogP contribution in [0.4, 0.5) is 11.4 Å². The lowest BCUT2D eigenvalue weighted by Crippen LogP contribution is -2.48. The van der Waals surface area contributed by atoms with E-state index in [-0.39, 0.29) is 30.2 Å². The molecule has 0 saturated carbocycles. The maximum atomic E-state index is 12.8. The third kappa shape index (κ3) is 4.59. The first-order chi connectivity index (χ1) is 17.0. The number of ether oxygens (including phenoxy) is 2. The van der Waals surface area contributed by atoms with E-state index < -0.39 is 4.92 Å². The molecule has 2 aliphatic rings. The van der Waals surface area contributed by atoms with E-state index in [1.54, 1.807) is 41.4 Å². The molecule has 3 aromatic rings. The molecular weight excluding hydrogens is 452 g/mol. The zero-order chi connectivity index (χ0) is 24.4. The summed E-state index contributed by atoms with van der Waals surface area (Å²) in [4.78, 5) is 44.3. The predicted molar refractivity (Wildman–Crippen MR) is 128 cm³/mol. The van der Waals surface area contributed by atoms with E-state index in [1.165, 1.54) is 12.3 Å². The number of hydrogen-bond donors (Lipinski definition) is 0. The molecule has 3 heterocycles. The van der Waals surface area contributed by atoms with Gasteiger partial charge in [-0.05, 0) is 30.3 Å². The number of benzene rings is 2. The summed E-state index contributed by atoms with van der Waals surface area (Å²) < 4.78 is 11.0. The van der Waals surface area contributed by atoms with Crippen molar-refractivity contribution < 1.29 is 24.0 Å². The van der Waals surface area contributed by atoms with Gasteiger partial charge in [0.05, 0.1) is 10.3 Å². The summed E-state index contributed by atoms with van der Waals surface area (Å²) in [6.07, 6.45) is 3.39. The average molecular weight is 476 g/mol. The number of nitro groups is 1. The maximum absolute atomic E-state index is 12.8. The average Bonchev–Trinajstić information content (AvgIpc) is 2.90. The fourth-order valence-electron chi connectivity index (χ4n) is 4.53. The van der Waals surface area contributed by atoms with Crippen molar-refractivity contribution in [2.45, 2.75) is 12.8 Å². The van der Waals surface area contributed by atoms with Gasteiger partial charge >= 0.3 is 0 Å². The molecule has 1 amide bonds.